The molecule has 1 heterocycles. The highest BCUT2D eigenvalue weighted by atomic mass is 16.5. The van der Waals surface area contributed by atoms with E-state index in [9.17, 15) is 0 Å². The Hall–Kier alpha value is -1.32. The summed E-state index contributed by atoms with van der Waals surface area (Å²) in [5, 5.41) is 3.54. The van der Waals surface area contributed by atoms with Crippen molar-refractivity contribution < 1.29 is 4.74 Å². The molecule has 0 amide bonds. The minimum absolute atomic E-state index is 0.514. The van der Waals surface area contributed by atoms with Crippen LogP contribution in [0.15, 0.2) is 6.33 Å². The van der Waals surface area contributed by atoms with Crippen LogP contribution in [-0.2, 0) is 0 Å². The highest BCUT2D eigenvalue weighted by Crippen LogP contribution is 2.35. The normalized spacial score (nSPS) is 16.4. The minimum Gasteiger partial charge on any atom is -0.478 e. The van der Waals surface area contributed by atoms with Crippen molar-refractivity contribution in [2.45, 2.75) is 52.5 Å². The highest BCUT2D eigenvalue weighted by Gasteiger charge is 2.25. The lowest BCUT2D eigenvalue weighted by Crippen LogP contribution is -2.20. The predicted octanol–water partition coefficient (Wildman–Crippen LogP) is 3.17. The largest absolute Gasteiger partial charge is 0.478 e. The number of aromatic nitrogens is 2. The fourth-order valence-corrected chi connectivity index (χ4v) is 2.14. The lowest BCUT2D eigenvalue weighted by Gasteiger charge is -2.19. The van der Waals surface area contributed by atoms with Gasteiger partial charge in [0.1, 0.15) is 12.1 Å². The molecule has 2 rings (SSSR count). The fraction of sp³-hybridized carbons (Fsp3) is 0.714. The van der Waals surface area contributed by atoms with Gasteiger partial charge < -0.3 is 10.1 Å². The van der Waals surface area contributed by atoms with Gasteiger partial charge in [0.25, 0.3) is 0 Å². The van der Waals surface area contributed by atoms with Gasteiger partial charge in [-0.05, 0) is 32.6 Å². The Morgan fingerprint density at radius 2 is 2.17 bits per heavy atom. The zero-order valence-electron chi connectivity index (χ0n) is 11.6. The van der Waals surface area contributed by atoms with Crippen LogP contribution >= 0.6 is 0 Å². The van der Waals surface area contributed by atoms with E-state index in [1.165, 1.54) is 19.3 Å². The second-order valence-electron chi connectivity index (χ2n) is 5.01. The number of nitrogens with one attached hydrogen (secondary N) is 1. The van der Waals surface area contributed by atoms with Crippen LogP contribution in [0, 0.1) is 12.8 Å². The minimum atomic E-state index is 0.514. The molecule has 100 valence electrons. The Kier molecular flexibility index (Phi) is 4.39. The average Bonchev–Trinajstić information content (AvgIpc) is 3.17. The molecule has 1 saturated carbocycles. The van der Waals surface area contributed by atoms with E-state index in [1.807, 2.05) is 13.8 Å². The van der Waals surface area contributed by atoms with E-state index in [4.69, 9.17) is 4.74 Å². The third-order valence-corrected chi connectivity index (χ3v) is 3.47. The maximum absolute atomic E-state index is 5.49. The van der Waals surface area contributed by atoms with Crippen molar-refractivity contribution in [2.24, 2.45) is 5.92 Å². The molecular formula is C14H23N3O. The topological polar surface area (TPSA) is 47.0 Å². The van der Waals surface area contributed by atoms with Gasteiger partial charge in [0, 0.05) is 6.04 Å². The monoisotopic (exact) mass is 249 g/mol. The van der Waals surface area contributed by atoms with Crippen LogP contribution in [0.2, 0.25) is 0 Å². The molecule has 0 aromatic carbocycles. The van der Waals surface area contributed by atoms with Gasteiger partial charge in [0.15, 0.2) is 0 Å². The Bertz CT molecular complexity index is 391. The van der Waals surface area contributed by atoms with E-state index in [2.05, 4.69) is 22.2 Å². The quantitative estimate of drug-likeness (QED) is 0.806. The molecule has 0 bridgehead atoms. The van der Waals surface area contributed by atoms with Gasteiger partial charge >= 0.3 is 0 Å². The number of hydrogen-bond donors (Lipinski definition) is 1. The van der Waals surface area contributed by atoms with Crippen molar-refractivity contribution in [1.29, 1.82) is 0 Å². The smallest absolute Gasteiger partial charge is 0.221 e. The summed E-state index contributed by atoms with van der Waals surface area (Å²) in [5.74, 6) is 2.54. The standard InChI is InChI=1S/C14H23N3O/c1-4-12(8-11-6-7-11)17-13-10(3)14(18-5-2)16-9-15-13/h9,11-12H,4-8H2,1-3H3,(H,15,16,17). The van der Waals surface area contributed by atoms with Crippen molar-refractivity contribution in [1.82, 2.24) is 9.97 Å². The van der Waals surface area contributed by atoms with Gasteiger partial charge in [-0.25, -0.2) is 9.97 Å². The first-order chi connectivity index (χ1) is 8.74. The fourth-order valence-electron chi connectivity index (χ4n) is 2.14. The summed E-state index contributed by atoms with van der Waals surface area (Å²) in [6.07, 6.45) is 6.74. The second-order valence-corrected chi connectivity index (χ2v) is 5.01. The van der Waals surface area contributed by atoms with Crippen molar-refractivity contribution >= 4 is 5.82 Å². The third kappa shape index (κ3) is 3.34. The molecule has 0 radical (unpaired) electrons. The molecule has 0 aliphatic heterocycles. The third-order valence-electron chi connectivity index (χ3n) is 3.47. The van der Waals surface area contributed by atoms with Crippen LogP contribution in [0.25, 0.3) is 0 Å². The van der Waals surface area contributed by atoms with E-state index in [1.54, 1.807) is 6.33 Å². The van der Waals surface area contributed by atoms with Crippen molar-refractivity contribution in [3.05, 3.63) is 11.9 Å². The molecule has 1 aliphatic rings. The summed E-state index contributed by atoms with van der Waals surface area (Å²) in [6, 6.07) is 0.514. The van der Waals surface area contributed by atoms with Gasteiger partial charge in [0.05, 0.1) is 12.2 Å². The zero-order valence-corrected chi connectivity index (χ0v) is 11.6. The van der Waals surface area contributed by atoms with Crippen LogP contribution in [0.3, 0.4) is 0 Å². The van der Waals surface area contributed by atoms with Crippen molar-refractivity contribution in [3.63, 3.8) is 0 Å². The Morgan fingerprint density at radius 1 is 1.39 bits per heavy atom. The molecular weight excluding hydrogens is 226 g/mol. The van der Waals surface area contributed by atoms with Crippen LogP contribution < -0.4 is 10.1 Å². The average molecular weight is 249 g/mol. The summed E-state index contributed by atoms with van der Waals surface area (Å²) >= 11 is 0. The van der Waals surface area contributed by atoms with Gasteiger partial charge in [0.2, 0.25) is 5.88 Å². The molecule has 0 spiro atoms. The van der Waals surface area contributed by atoms with E-state index >= 15 is 0 Å². The van der Waals surface area contributed by atoms with Crippen LogP contribution in [0.4, 0.5) is 5.82 Å². The molecule has 1 N–H and O–H groups in total. The number of ether oxygens (including phenoxy) is 1. The summed E-state index contributed by atoms with van der Waals surface area (Å²) in [6.45, 7) is 6.84. The number of anilines is 1. The molecule has 0 saturated heterocycles. The molecule has 1 unspecified atom stereocenters. The highest BCUT2D eigenvalue weighted by molar-refractivity contribution is 5.48. The zero-order chi connectivity index (χ0) is 13.0. The summed E-state index contributed by atoms with van der Waals surface area (Å²) in [4.78, 5) is 8.50. The van der Waals surface area contributed by atoms with Crippen molar-refractivity contribution in [2.75, 3.05) is 11.9 Å². The van der Waals surface area contributed by atoms with Gasteiger partial charge in [-0.3, -0.25) is 0 Å². The molecule has 1 aromatic rings. The van der Waals surface area contributed by atoms with Gasteiger partial charge in [-0.1, -0.05) is 19.8 Å². The van der Waals surface area contributed by atoms with E-state index in [0.29, 0.717) is 18.5 Å². The molecule has 1 fully saturated rings. The lowest BCUT2D eigenvalue weighted by atomic mass is 10.1. The van der Waals surface area contributed by atoms with Gasteiger partial charge in [-0.2, -0.15) is 0 Å². The first-order valence-electron chi connectivity index (χ1n) is 6.95. The van der Waals surface area contributed by atoms with Gasteiger partial charge in [-0.15, -0.1) is 0 Å². The Morgan fingerprint density at radius 3 is 2.78 bits per heavy atom. The van der Waals surface area contributed by atoms with E-state index < -0.39 is 0 Å². The van der Waals surface area contributed by atoms with E-state index in [0.717, 1.165) is 23.7 Å². The maximum atomic E-state index is 5.49. The molecule has 4 nitrogen and oxygen atoms in total. The van der Waals surface area contributed by atoms with Crippen LogP contribution in [0.1, 0.15) is 45.1 Å². The molecule has 1 aromatic heterocycles. The summed E-state index contributed by atoms with van der Waals surface area (Å²) in [5.41, 5.74) is 1.01. The maximum Gasteiger partial charge on any atom is 0.221 e. The number of hydrogen-bond acceptors (Lipinski definition) is 4. The Balaban J connectivity index is 2.04. The Labute approximate surface area is 109 Å². The molecule has 18 heavy (non-hydrogen) atoms. The van der Waals surface area contributed by atoms with Crippen molar-refractivity contribution in [3.8, 4) is 5.88 Å². The number of nitrogens with zero attached hydrogens (tertiary/aromatic N) is 2. The van der Waals surface area contributed by atoms with E-state index in [-0.39, 0.29) is 0 Å². The van der Waals surface area contributed by atoms with Crippen LogP contribution in [-0.4, -0.2) is 22.6 Å². The first kappa shape index (κ1) is 13.1. The molecule has 1 aliphatic carbocycles. The summed E-state index contributed by atoms with van der Waals surface area (Å²) < 4.78 is 5.49. The SMILES string of the molecule is CCOc1ncnc(NC(CC)CC2CC2)c1C. The van der Waals surface area contributed by atoms with Crippen LogP contribution in [0.5, 0.6) is 5.88 Å². The number of rotatable bonds is 7. The second kappa shape index (κ2) is 6.03. The molecule has 1 atom stereocenters. The predicted molar refractivity (Wildman–Crippen MR) is 73.0 cm³/mol. The molecule has 4 heteroatoms. The lowest BCUT2D eigenvalue weighted by molar-refractivity contribution is 0.323. The summed E-state index contributed by atoms with van der Waals surface area (Å²) in [7, 11) is 0. The first-order valence-corrected chi connectivity index (χ1v) is 6.95.